The third kappa shape index (κ3) is 3.27. The summed E-state index contributed by atoms with van der Waals surface area (Å²) in [6.07, 6.45) is 1.10. The molecule has 1 N–H and O–H groups in total. The topological polar surface area (TPSA) is 43.4 Å². The second-order valence-electron chi connectivity index (χ2n) is 2.65. The van der Waals surface area contributed by atoms with E-state index in [0.29, 0.717) is 6.54 Å². The van der Waals surface area contributed by atoms with Crippen LogP contribution in [0.1, 0.15) is 0 Å². The van der Waals surface area contributed by atoms with Crippen LogP contribution in [-0.4, -0.2) is 32.0 Å². The first-order valence-electron chi connectivity index (χ1n) is 4.17. The summed E-state index contributed by atoms with van der Waals surface area (Å²) < 4.78 is 22.4. The van der Waals surface area contributed by atoms with E-state index in [0.717, 1.165) is 5.69 Å². The number of methoxy groups -OCH3 is 2. The van der Waals surface area contributed by atoms with E-state index < -0.39 is 5.95 Å². The number of nitrogens with one attached hydrogen (secondary N) is 1. The molecule has 0 spiro atoms. The quantitative estimate of drug-likeness (QED) is 0.574. The maximum absolute atomic E-state index is 12.4. The summed E-state index contributed by atoms with van der Waals surface area (Å²) in [6.45, 7) is 0.486. The minimum absolute atomic E-state index is 0.319. The fourth-order valence-electron chi connectivity index (χ4n) is 0.944. The number of pyridine rings is 1. The summed E-state index contributed by atoms with van der Waals surface area (Å²) in [5.74, 6) is -0.495. The molecular weight excluding hydrogens is 187 g/mol. The Morgan fingerprint density at radius 2 is 2.14 bits per heavy atom. The predicted molar refractivity (Wildman–Crippen MR) is 50.5 cm³/mol. The van der Waals surface area contributed by atoms with Crippen molar-refractivity contribution >= 4 is 5.69 Å². The molecule has 78 valence electrons. The van der Waals surface area contributed by atoms with Crippen molar-refractivity contribution in [1.29, 1.82) is 0 Å². The van der Waals surface area contributed by atoms with Crippen LogP contribution < -0.4 is 5.32 Å². The van der Waals surface area contributed by atoms with Crippen molar-refractivity contribution in [3.63, 3.8) is 0 Å². The second-order valence-corrected chi connectivity index (χ2v) is 2.65. The van der Waals surface area contributed by atoms with Gasteiger partial charge in [0.25, 0.3) is 0 Å². The molecule has 0 amide bonds. The summed E-state index contributed by atoms with van der Waals surface area (Å²) in [5, 5.41) is 2.99. The van der Waals surface area contributed by atoms with E-state index in [1.807, 2.05) is 0 Å². The van der Waals surface area contributed by atoms with Crippen molar-refractivity contribution in [1.82, 2.24) is 4.98 Å². The zero-order valence-electron chi connectivity index (χ0n) is 8.16. The fourth-order valence-corrected chi connectivity index (χ4v) is 0.944. The van der Waals surface area contributed by atoms with Crippen molar-refractivity contribution in [3.8, 4) is 0 Å². The molecule has 0 aliphatic heterocycles. The average molecular weight is 200 g/mol. The lowest BCUT2D eigenvalue weighted by Gasteiger charge is -2.14. The number of rotatable bonds is 5. The molecule has 4 nitrogen and oxygen atoms in total. The highest BCUT2D eigenvalue weighted by molar-refractivity contribution is 5.39. The Labute approximate surface area is 82.1 Å². The fraction of sp³-hybridized carbons (Fsp3) is 0.444. The molecule has 1 heterocycles. The van der Waals surface area contributed by atoms with Gasteiger partial charge in [0.1, 0.15) is 0 Å². The van der Waals surface area contributed by atoms with Gasteiger partial charge in [-0.25, -0.2) is 4.98 Å². The standard InChI is InChI=1S/C9H13FN2O2/c1-13-9(14-2)6-11-7-3-4-8(10)12-5-7/h3-5,9,11H,6H2,1-2H3. The Hall–Kier alpha value is -1.20. The molecule has 1 aromatic heterocycles. The van der Waals surface area contributed by atoms with Gasteiger partial charge in [0, 0.05) is 14.2 Å². The van der Waals surface area contributed by atoms with Crippen LogP contribution in [0.25, 0.3) is 0 Å². The Balaban J connectivity index is 2.41. The van der Waals surface area contributed by atoms with Gasteiger partial charge in [0.15, 0.2) is 6.29 Å². The molecule has 1 rings (SSSR count). The zero-order valence-corrected chi connectivity index (χ0v) is 8.16. The minimum Gasteiger partial charge on any atom is -0.379 e. The van der Waals surface area contributed by atoms with E-state index in [4.69, 9.17) is 9.47 Å². The Morgan fingerprint density at radius 3 is 2.64 bits per heavy atom. The number of hydrogen-bond donors (Lipinski definition) is 1. The highest BCUT2D eigenvalue weighted by Gasteiger charge is 2.03. The molecule has 0 saturated heterocycles. The summed E-state index contributed by atoms with van der Waals surface area (Å²) in [5.41, 5.74) is 0.727. The van der Waals surface area contributed by atoms with Crippen LogP contribution in [0.3, 0.4) is 0 Å². The van der Waals surface area contributed by atoms with Gasteiger partial charge < -0.3 is 14.8 Å². The third-order valence-electron chi connectivity index (χ3n) is 1.73. The molecular formula is C9H13FN2O2. The molecule has 0 fully saturated rings. The van der Waals surface area contributed by atoms with Gasteiger partial charge in [-0.15, -0.1) is 0 Å². The minimum atomic E-state index is -0.495. The van der Waals surface area contributed by atoms with Crippen LogP contribution in [0.4, 0.5) is 10.1 Å². The van der Waals surface area contributed by atoms with E-state index in [1.54, 1.807) is 20.3 Å². The predicted octanol–water partition coefficient (Wildman–Crippen LogP) is 1.25. The lowest BCUT2D eigenvalue weighted by Crippen LogP contribution is -2.23. The van der Waals surface area contributed by atoms with Crippen LogP contribution in [0.2, 0.25) is 0 Å². The number of halogens is 1. The number of nitrogens with zero attached hydrogens (tertiary/aromatic N) is 1. The van der Waals surface area contributed by atoms with Gasteiger partial charge >= 0.3 is 0 Å². The molecule has 1 aromatic rings. The maximum atomic E-state index is 12.4. The number of aromatic nitrogens is 1. The van der Waals surface area contributed by atoms with E-state index >= 15 is 0 Å². The summed E-state index contributed by atoms with van der Waals surface area (Å²) in [7, 11) is 3.11. The maximum Gasteiger partial charge on any atom is 0.212 e. The normalized spacial score (nSPS) is 10.6. The Morgan fingerprint density at radius 1 is 1.43 bits per heavy atom. The van der Waals surface area contributed by atoms with Crippen molar-refractivity contribution < 1.29 is 13.9 Å². The molecule has 0 aliphatic rings. The van der Waals surface area contributed by atoms with E-state index in [9.17, 15) is 4.39 Å². The van der Waals surface area contributed by atoms with Crippen LogP contribution in [-0.2, 0) is 9.47 Å². The highest BCUT2D eigenvalue weighted by atomic mass is 19.1. The van der Waals surface area contributed by atoms with E-state index in [-0.39, 0.29) is 6.29 Å². The summed E-state index contributed by atoms with van der Waals surface area (Å²) in [4.78, 5) is 3.50. The van der Waals surface area contributed by atoms with Crippen LogP contribution in [0.15, 0.2) is 18.3 Å². The van der Waals surface area contributed by atoms with Crippen molar-refractivity contribution in [2.24, 2.45) is 0 Å². The molecule has 0 atom stereocenters. The van der Waals surface area contributed by atoms with Crippen LogP contribution in [0, 0.1) is 5.95 Å². The van der Waals surface area contributed by atoms with E-state index in [2.05, 4.69) is 10.3 Å². The van der Waals surface area contributed by atoms with Crippen molar-refractivity contribution in [2.45, 2.75) is 6.29 Å². The van der Waals surface area contributed by atoms with Crippen molar-refractivity contribution in [3.05, 3.63) is 24.3 Å². The van der Waals surface area contributed by atoms with E-state index in [1.165, 1.54) is 12.3 Å². The molecule has 5 heteroatoms. The zero-order chi connectivity index (χ0) is 10.4. The first-order valence-corrected chi connectivity index (χ1v) is 4.17. The lowest BCUT2D eigenvalue weighted by molar-refractivity contribution is -0.0914. The van der Waals surface area contributed by atoms with Gasteiger partial charge in [0.2, 0.25) is 5.95 Å². The van der Waals surface area contributed by atoms with Gasteiger partial charge in [-0.05, 0) is 12.1 Å². The Bertz CT molecular complexity index is 262. The summed E-state index contributed by atoms with van der Waals surface area (Å²) in [6, 6.07) is 2.89. The van der Waals surface area contributed by atoms with Crippen LogP contribution in [0.5, 0.6) is 0 Å². The van der Waals surface area contributed by atoms with Crippen molar-refractivity contribution in [2.75, 3.05) is 26.1 Å². The first-order chi connectivity index (χ1) is 6.76. The number of ether oxygens (including phenoxy) is 2. The molecule has 0 radical (unpaired) electrons. The average Bonchev–Trinajstić information content (AvgIpc) is 2.22. The largest absolute Gasteiger partial charge is 0.379 e. The number of hydrogen-bond acceptors (Lipinski definition) is 4. The highest BCUT2D eigenvalue weighted by Crippen LogP contribution is 2.05. The monoisotopic (exact) mass is 200 g/mol. The molecule has 0 saturated carbocycles. The Kier molecular flexibility index (Phi) is 4.28. The number of anilines is 1. The molecule has 0 unspecified atom stereocenters. The summed E-state index contributed by atoms with van der Waals surface area (Å²) >= 11 is 0. The lowest BCUT2D eigenvalue weighted by atomic mass is 10.4. The smallest absolute Gasteiger partial charge is 0.212 e. The molecule has 14 heavy (non-hydrogen) atoms. The second kappa shape index (κ2) is 5.51. The first kappa shape index (κ1) is 10.9. The molecule has 0 bridgehead atoms. The SMILES string of the molecule is COC(CNc1ccc(F)nc1)OC. The van der Waals surface area contributed by atoms with Gasteiger partial charge in [-0.3, -0.25) is 0 Å². The molecule has 0 aromatic carbocycles. The van der Waals surface area contributed by atoms with Gasteiger partial charge in [-0.1, -0.05) is 0 Å². The van der Waals surface area contributed by atoms with Gasteiger partial charge in [0.05, 0.1) is 18.4 Å². The van der Waals surface area contributed by atoms with Crippen LogP contribution >= 0.6 is 0 Å². The third-order valence-corrected chi connectivity index (χ3v) is 1.73. The van der Waals surface area contributed by atoms with Gasteiger partial charge in [-0.2, -0.15) is 4.39 Å². The molecule has 0 aliphatic carbocycles.